The molecule has 0 unspecified atom stereocenters. The molecule has 1 N–H and O–H groups in total. The fourth-order valence-electron chi connectivity index (χ4n) is 5.03. The molecule has 3 heterocycles. The summed E-state index contributed by atoms with van der Waals surface area (Å²) in [6.07, 6.45) is -2.67. The molecule has 0 amide bonds. The van der Waals surface area contributed by atoms with Crippen LogP contribution in [0.25, 0.3) is 5.69 Å². The summed E-state index contributed by atoms with van der Waals surface area (Å²) in [4.78, 5) is 6.67. The van der Waals surface area contributed by atoms with Gasteiger partial charge in [0.25, 0.3) is 0 Å². The number of hydrogen-bond acceptors (Lipinski definition) is 2. The van der Waals surface area contributed by atoms with Crippen LogP contribution < -0.4 is 10.2 Å². The summed E-state index contributed by atoms with van der Waals surface area (Å²) >= 11 is 5.81. The van der Waals surface area contributed by atoms with Crippen molar-refractivity contribution in [3.63, 3.8) is 0 Å². The molecular weight excluding hydrogens is 481 g/mol. The second kappa shape index (κ2) is 9.09. The Morgan fingerprint density at radius 1 is 0.889 bits per heavy atom. The first-order chi connectivity index (χ1) is 17.1. The Hall–Kier alpha value is -3.65. The molecule has 0 radical (unpaired) electrons. The first-order valence-corrected chi connectivity index (χ1v) is 12.0. The molecule has 1 saturated heterocycles. The van der Waals surface area contributed by atoms with Crippen LogP contribution in [0.15, 0.2) is 79.0 Å². The summed E-state index contributed by atoms with van der Waals surface area (Å²) in [5, 5.41) is 4.02. The molecule has 4 nitrogen and oxygen atoms in total. The molecule has 1 aliphatic heterocycles. The van der Waals surface area contributed by atoms with Crippen LogP contribution in [-0.4, -0.2) is 14.7 Å². The third kappa shape index (κ3) is 4.26. The Labute approximate surface area is 213 Å². The van der Waals surface area contributed by atoms with Gasteiger partial charge in [-0.2, -0.15) is 13.2 Å². The van der Waals surface area contributed by atoms with Crippen LogP contribution in [0.3, 0.4) is 0 Å². The average Bonchev–Trinajstić information content (AvgIpc) is 3.34. The van der Waals surface area contributed by atoms with Crippen molar-refractivity contribution in [1.82, 2.24) is 14.9 Å². The molecule has 4 aromatic rings. The molecule has 8 heteroatoms. The van der Waals surface area contributed by atoms with Crippen molar-refractivity contribution in [2.24, 2.45) is 0 Å². The zero-order chi connectivity index (χ0) is 25.6. The van der Waals surface area contributed by atoms with Crippen LogP contribution in [0.2, 0.25) is 0 Å². The lowest BCUT2D eigenvalue weighted by Gasteiger charge is -2.28. The molecule has 2 atom stereocenters. The Bertz CT molecular complexity index is 1430. The summed E-state index contributed by atoms with van der Waals surface area (Å²) in [6.45, 7) is 5.87. The van der Waals surface area contributed by atoms with Gasteiger partial charge in [0.05, 0.1) is 23.3 Å². The second-order valence-electron chi connectivity index (χ2n) is 9.05. The maximum Gasteiger partial charge on any atom is 0.416 e. The average molecular weight is 507 g/mol. The molecule has 2 aromatic heterocycles. The van der Waals surface area contributed by atoms with Gasteiger partial charge in [0.2, 0.25) is 0 Å². The summed E-state index contributed by atoms with van der Waals surface area (Å²) in [5.74, 6) is 0. The van der Waals surface area contributed by atoms with E-state index in [0.29, 0.717) is 10.8 Å². The van der Waals surface area contributed by atoms with Crippen LogP contribution in [0.4, 0.5) is 18.9 Å². The molecule has 2 aromatic carbocycles. The first-order valence-electron chi connectivity index (χ1n) is 11.6. The van der Waals surface area contributed by atoms with Gasteiger partial charge in [0.1, 0.15) is 0 Å². The number of hydrogen-bond donors (Lipinski definition) is 1. The van der Waals surface area contributed by atoms with Crippen molar-refractivity contribution in [2.75, 3.05) is 4.90 Å². The Morgan fingerprint density at radius 3 is 2.33 bits per heavy atom. The van der Waals surface area contributed by atoms with E-state index >= 15 is 0 Å². The molecule has 0 saturated carbocycles. The Balaban J connectivity index is 1.68. The quantitative estimate of drug-likeness (QED) is 0.302. The van der Waals surface area contributed by atoms with E-state index in [9.17, 15) is 13.2 Å². The van der Waals surface area contributed by atoms with Gasteiger partial charge in [-0.05, 0) is 92.6 Å². The van der Waals surface area contributed by atoms with Crippen molar-refractivity contribution in [2.45, 2.75) is 39.0 Å². The monoisotopic (exact) mass is 506 g/mol. The van der Waals surface area contributed by atoms with Gasteiger partial charge >= 0.3 is 6.18 Å². The van der Waals surface area contributed by atoms with Gasteiger partial charge in [-0.15, -0.1) is 0 Å². The molecule has 5 rings (SSSR count). The number of alkyl halides is 3. The normalized spacial score (nSPS) is 17.9. The van der Waals surface area contributed by atoms with E-state index in [-0.39, 0.29) is 12.1 Å². The number of aromatic nitrogens is 2. The molecule has 36 heavy (non-hydrogen) atoms. The Kier molecular flexibility index (Phi) is 6.08. The van der Waals surface area contributed by atoms with Gasteiger partial charge in [-0.3, -0.25) is 4.98 Å². The topological polar surface area (TPSA) is 33.1 Å². The number of halogens is 3. The van der Waals surface area contributed by atoms with Crippen molar-refractivity contribution >= 4 is 23.0 Å². The highest BCUT2D eigenvalue weighted by Crippen LogP contribution is 2.44. The minimum atomic E-state index is -4.42. The van der Waals surface area contributed by atoms with E-state index < -0.39 is 11.7 Å². The van der Waals surface area contributed by atoms with Crippen molar-refractivity contribution in [1.29, 1.82) is 0 Å². The third-order valence-corrected chi connectivity index (χ3v) is 6.91. The highest BCUT2D eigenvalue weighted by molar-refractivity contribution is 7.80. The Morgan fingerprint density at radius 2 is 1.64 bits per heavy atom. The lowest BCUT2D eigenvalue weighted by Crippen LogP contribution is -2.29. The zero-order valence-corrected chi connectivity index (χ0v) is 20.9. The van der Waals surface area contributed by atoms with Crippen LogP contribution >= 0.6 is 12.2 Å². The minimum Gasteiger partial charge on any atom is -0.351 e. The van der Waals surface area contributed by atoms with E-state index in [1.807, 2.05) is 67.8 Å². The lowest BCUT2D eigenvalue weighted by atomic mass is 9.96. The number of rotatable bonds is 4. The predicted molar refractivity (Wildman–Crippen MR) is 139 cm³/mol. The number of anilines is 1. The van der Waals surface area contributed by atoms with Crippen molar-refractivity contribution in [3.8, 4) is 5.69 Å². The number of nitrogens with zero attached hydrogens (tertiary/aromatic N) is 3. The van der Waals surface area contributed by atoms with Crippen molar-refractivity contribution < 1.29 is 13.2 Å². The van der Waals surface area contributed by atoms with Gasteiger partial charge in [-0.1, -0.05) is 24.3 Å². The lowest BCUT2D eigenvalue weighted by molar-refractivity contribution is -0.137. The summed E-state index contributed by atoms with van der Waals surface area (Å²) in [7, 11) is 0. The number of nitrogens with one attached hydrogen (secondary N) is 1. The van der Waals surface area contributed by atoms with Crippen LogP contribution in [0, 0.1) is 20.8 Å². The fraction of sp³-hybridized carbons (Fsp3) is 0.214. The van der Waals surface area contributed by atoms with E-state index in [2.05, 4.69) is 21.3 Å². The van der Waals surface area contributed by atoms with Gasteiger partial charge in [0, 0.05) is 29.0 Å². The standard InChI is InChI=1S/C28H25F3N4S/c1-17-8-6-10-21(14-17)35-26(25(33-27(35)36)24-12-4-5-13-32-24)23-15-18(2)34(19(23)3)22-11-7-9-20(16-22)28(29,30)31/h4-16,25-26H,1-3H3,(H,33,36)/t25-,26-/m0/s1. The van der Waals surface area contributed by atoms with Crippen LogP contribution in [0.1, 0.15) is 45.9 Å². The molecule has 1 aliphatic rings. The molecule has 184 valence electrons. The predicted octanol–water partition coefficient (Wildman–Crippen LogP) is 6.99. The van der Waals surface area contributed by atoms with Crippen LogP contribution in [0.5, 0.6) is 0 Å². The van der Waals surface area contributed by atoms with E-state index in [1.54, 1.807) is 12.3 Å². The number of pyridine rings is 1. The van der Waals surface area contributed by atoms with E-state index in [4.69, 9.17) is 12.2 Å². The van der Waals surface area contributed by atoms with E-state index in [0.717, 1.165) is 40.0 Å². The van der Waals surface area contributed by atoms with Crippen molar-refractivity contribution in [3.05, 3.63) is 113 Å². The summed E-state index contributed by atoms with van der Waals surface area (Å²) in [5.41, 5.74) is 5.33. The highest BCUT2D eigenvalue weighted by Gasteiger charge is 2.42. The largest absolute Gasteiger partial charge is 0.416 e. The molecular formula is C28H25F3N4S. The maximum absolute atomic E-state index is 13.4. The van der Waals surface area contributed by atoms with E-state index in [1.165, 1.54) is 12.1 Å². The molecule has 0 bridgehead atoms. The molecule has 0 aliphatic carbocycles. The zero-order valence-electron chi connectivity index (χ0n) is 20.0. The smallest absolute Gasteiger partial charge is 0.351 e. The SMILES string of the molecule is Cc1cccc(N2C(=S)N[C@@H](c3ccccn3)[C@@H]2c2cc(C)n(-c3cccc(C(F)(F)F)c3)c2C)c1. The van der Waals surface area contributed by atoms with Crippen LogP contribution in [-0.2, 0) is 6.18 Å². The maximum atomic E-state index is 13.4. The second-order valence-corrected chi connectivity index (χ2v) is 9.43. The third-order valence-electron chi connectivity index (χ3n) is 6.60. The fourth-order valence-corrected chi connectivity index (χ4v) is 5.38. The summed E-state index contributed by atoms with van der Waals surface area (Å²) in [6, 6.07) is 20.8. The number of aryl methyl sites for hydroxylation is 2. The summed E-state index contributed by atoms with van der Waals surface area (Å²) < 4.78 is 42.2. The first kappa shape index (κ1) is 24.1. The highest BCUT2D eigenvalue weighted by atomic mass is 32.1. The van der Waals surface area contributed by atoms with Gasteiger partial charge in [-0.25, -0.2) is 0 Å². The van der Waals surface area contributed by atoms with Gasteiger partial charge in [0.15, 0.2) is 5.11 Å². The van der Waals surface area contributed by atoms with Gasteiger partial charge < -0.3 is 14.8 Å². The molecule has 1 fully saturated rings. The molecule has 0 spiro atoms. The minimum absolute atomic E-state index is 0.241. The number of benzene rings is 2. The number of thiocarbonyl (C=S) groups is 1.